The van der Waals surface area contributed by atoms with Crippen molar-refractivity contribution >= 4 is 44.5 Å². The topological polar surface area (TPSA) is 115 Å². The van der Waals surface area contributed by atoms with E-state index < -0.39 is 24.0 Å². The van der Waals surface area contributed by atoms with Gasteiger partial charge in [-0.3, -0.25) is 25.2 Å². The van der Waals surface area contributed by atoms with Gasteiger partial charge in [0.25, 0.3) is 11.8 Å². The second-order valence-corrected chi connectivity index (χ2v) is 8.51. The molecule has 35 heavy (non-hydrogen) atoms. The van der Waals surface area contributed by atoms with Crippen molar-refractivity contribution in [2.24, 2.45) is 0 Å². The van der Waals surface area contributed by atoms with Crippen molar-refractivity contribution in [1.82, 2.24) is 10.9 Å². The lowest BCUT2D eigenvalue weighted by Crippen LogP contribution is -2.45. The van der Waals surface area contributed by atoms with Crippen LogP contribution in [-0.2, 0) is 4.79 Å². The third kappa shape index (κ3) is 5.64. The fourth-order valence-electron chi connectivity index (χ4n) is 3.31. The van der Waals surface area contributed by atoms with Gasteiger partial charge in [-0.1, -0.05) is 34.1 Å². The molecule has 4 rings (SSSR count). The van der Waals surface area contributed by atoms with E-state index in [0.29, 0.717) is 33.4 Å². The number of fused-ring (bicyclic) bond motifs is 1. The van der Waals surface area contributed by atoms with Crippen LogP contribution in [0.5, 0.6) is 5.75 Å². The number of benzene rings is 3. The Kier molecular flexibility index (Phi) is 7.07. The van der Waals surface area contributed by atoms with E-state index in [0.717, 1.165) is 4.47 Å². The molecule has 0 fully saturated rings. The Morgan fingerprint density at radius 2 is 1.63 bits per heavy atom. The monoisotopic (exact) mass is 534 g/mol. The van der Waals surface area contributed by atoms with Crippen LogP contribution in [-0.4, -0.2) is 24.2 Å². The molecule has 3 aromatic carbocycles. The van der Waals surface area contributed by atoms with Crippen molar-refractivity contribution in [3.05, 3.63) is 110 Å². The molecule has 0 aliphatic rings. The molecule has 176 valence electrons. The van der Waals surface area contributed by atoms with Crippen molar-refractivity contribution in [2.45, 2.75) is 6.92 Å². The molecule has 1 heterocycles. The molecule has 0 bridgehead atoms. The lowest BCUT2D eigenvalue weighted by atomic mass is 10.0. The molecule has 0 atom stereocenters. The normalized spacial score (nSPS) is 10.6. The molecule has 4 aromatic rings. The first kappa shape index (κ1) is 23.9. The number of carbonyl (C=O) groups is 3. The van der Waals surface area contributed by atoms with Gasteiger partial charge in [0, 0.05) is 21.0 Å². The number of para-hydroxylation sites is 1. The molecular formula is C26H19BrN2O6. The molecule has 0 saturated carbocycles. The standard InChI is InChI=1S/C26H19BrN2O6/c1-15-12-18(24(31)16-6-9-19(27)10-7-16)8-11-21(15)34-14-23(30)28-29-25(32)20-13-17-4-2-3-5-22(17)35-26(20)33/h2-13H,14H2,1H3,(H,28,30)(H,29,32). The first-order valence-corrected chi connectivity index (χ1v) is 11.3. The van der Waals surface area contributed by atoms with Crippen LogP contribution in [0.2, 0.25) is 0 Å². The van der Waals surface area contributed by atoms with Gasteiger partial charge >= 0.3 is 5.63 Å². The van der Waals surface area contributed by atoms with Crippen molar-refractivity contribution < 1.29 is 23.5 Å². The lowest BCUT2D eigenvalue weighted by Gasteiger charge is -2.11. The highest BCUT2D eigenvalue weighted by molar-refractivity contribution is 9.10. The zero-order valence-corrected chi connectivity index (χ0v) is 20.0. The van der Waals surface area contributed by atoms with Crippen molar-refractivity contribution in [3.8, 4) is 5.75 Å². The summed E-state index contributed by atoms with van der Waals surface area (Å²) in [7, 11) is 0. The number of amides is 2. The van der Waals surface area contributed by atoms with Crippen LogP contribution >= 0.6 is 15.9 Å². The largest absolute Gasteiger partial charge is 0.483 e. The molecule has 2 N–H and O–H groups in total. The van der Waals surface area contributed by atoms with Crippen LogP contribution in [0, 0.1) is 6.92 Å². The Bertz CT molecular complexity index is 1490. The van der Waals surface area contributed by atoms with Gasteiger partial charge in [-0.05, 0) is 67.1 Å². The van der Waals surface area contributed by atoms with Gasteiger partial charge in [0.2, 0.25) is 0 Å². The molecule has 0 radical (unpaired) electrons. The zero-order valence-electron chi connectivity index (χ0n) is 18.5. The minimum atomic E-state index is -0.819. The predicted molar refractivity (Wildman–Crippen MR) is 132 cm³/mol. The first-order valence-electron chi connectivity index (χ1n) is 10.5. The van der Waals surface area contributed by atoms with Gasteiger partial charge in [0.1, 0.15) is 16.9 Å². The number of hydrazine groups is 1. The van der Waals surface area contributed by atoms with Crippen LogP contribution in [0.1, 0.15) is 31.8 Å². The average Bonchev–Trinajstić information content (AvgIpc) is 2.86. The summed E-state index contributed by atoms with van der Waals surface area (Å²) >= 11 is 3.34. The molecule has 2 amide bonds. The van der Waals surface area contributed by atoms with E-state index in [2.05, 4.69) is 26.8 Å². The van der Waals surface area contributed by atoms with E-state index in [1.807, 2.05) is 0 Å². The van der Waals surface area contributed by atoms with Gasteiger partial charge in [-0.15, -0.1) is 0 Å². The summed E-state index contributed by atoms with van der Waals surface area (Å²) in [4.78, 5) is 49.2. The summed E-state index contributed by atoms with van der Waals surface area (Å²) in [6.45, 7) is 1.36. The van der Waals surface area contributed by atoms with Crippen molar-refractivity contribution in [2.75, 3.05) is 6.61 Å². The Hall–Kier alpha value is -4.24. The number of carbonyl (C=O) groups excluding carboxylic acids is 3. The molecule has 8 nitrogen and oxygen atoms in total. The molecule has 1 aromatic heterocycles. The van der Waals surface area contributed by atoms with Gasteiger partial charge < -0.3 is 9.15 Å². The second-order valence-electron chi connectivity index (χ2n) is 7.59. The van der Waals surface area contributed by atoms with Crippen LogP contribution < -0.4 is 21.2 Å². The lowest BCUT2D eigenvalue weighted by molar-refractivity contribution is -0.123. The third-order valence-electron chi connectivity index (χ3n) is 5.10. The second kappa shape index (κ2) is 10.4. The fourth-order valence-corrected chi connectivity index (χ4v) is 3.58. The number of hydrogen-bond donors (Lipinski definition) is 2. The Morgan fingerprint density at radius 1 is 0.914 bits per heavy atom. The molecular weight excluding hydrogens is 516 g/mol. The summed E-state index contributed by atoms with van der Waals surface area (Å²) < 4.78 is 11.5. The highest BCUT2D eigenvalue weighted by Gasteiger charge is 2.15. The van der Waals surface area contributed by atoms with Gasteiger partial charge in [0.05, 0.1) is 0 Å². The SMILES string of the molecule is Cc1cc(C(=O)c2ccc(Br)cc2)ccc1OCC(=O)NNC(=O)c1cc2ccccc2oc1=O. The number of aryl methyl sites for hydroxylation is 1. The Morgan fingerprint density at radius 3 is 2.37 bits per heavy atom. The fraction of sp³-hybridized carbons (Fsp3) is 0.0769. The smallest absolute Gasteiger partial charge is 0.349 e. The highest BCUT2D eigenvalue weighted by Crippen LogP contribution is 2.22. The average molecular weight is 535 g/mol. The molecule has 0 unspecified atom stereocenters. The van der Waals surface area contributed by atoms with Crippen LogP contribution in [0.3, 0.4) is 0 Å². The maximum Gasteiger partial charge on any atom is 0.349 e. The quantitative estimate of drug-likeness (QED) is 0.220. The molecule has 9 heteroatoms. The molecule has 0 aliphatic heterocycles. The number of ketones is 1. The first-order chi connectivity index (χ1) is 16.8. The molecule has 0 saturated heterocycles. The number of ether oxygens (including phenoxy) is 1. The summed E-state index contributed by atoms with van der Waals surface area (Å²) in [5, 5.41) is 0.574. The van der Waals surface area contributed by atoms with E-state index in [9.17, 15) is 19.2 Å². The minimum Gasteiger partial charge on any atom is -0.483 e. The van der Waals surface area contributed by atoms with E-state index in [-0.39, 0.29) is 11.3 Å². The van der Waals surface area contributed by atoms with Crippen LogP contribution in [0.4, 0.5) is 0 Å². The summed E-state index contributed by atoms with van der Waals surface area (Å²) in [6, 6.07) is 20.1. The summed E-state index contributed by atoms with van der Waals surface area (Å²) in [6.07, 6.45) is 0. The summed E-state index contributed by atoms with van der Waals surface area (Å²) in [5.41, 5.74) is 5.37. The number of hydrogen-bond acceptors (Lipinski definition) is 6. The number of halogens is 1. The van der Waals surface area contributed by atoms with E-state index in [4.69, 9.17) is 9.15 Å². The minimum absolute atomic E-state index is 0.134. The summed E-state index contributed by atoms with van der Waals surface area (Å²) in [5.74, 6) is -1.18. The maximum absolute atomic E-state index is 12.7. The molecule has 0 spiro atoms. The van der Waals surface area contributed by atoms with Crippen LogP contribution in [0.15, 0.2) is 86.5 Å². The van der Waals surface area contributed by atoms with Gasteiger partial charge in [-0.2, -0.15) is 0 Å². The Labute approximate surface area is 208 Å². The Balaban J connectivity index is 1.33. The maximum atomic E-state index is 12.7. The van der Waals surface area contributed by atoms with E-state index in [1.54, 1.807) is 73.7 Å². The van der Waals surface area contributed by atoms with E-state index >= 15 is 0 Å². The predicted octanol–water partition coefficient (Wildman–Crippen LogP) is 3.93. The van der Waals surface area contributed by atoms with E-state index in [1.165, 1.54) is 6.07 Å². The zero-order chi connectivity index (χ0) is 24.9. The van der Waals surface area contributed by atoms with Crippen molar-refractivity contribution in [3.63, 3.8) is 0 Å². The van der Waals surface area contributed by atoms with Gasteiger partial charge in [-0.25, -0.2) is 4.79 Å². The van der Waals surface area contributed by atoms with Crippen molar-refractivity contribution in [1.29, 1.82) is 0 Å². The third-order valence-corrected chi connectivity index (χ3v) is 5.63. The highest BCUT2D eigenvalue weighted by atomic mass is 79.9. The van der Waals surface area contributed by atoms with Crippen LogP contribution in [0.25, 0.3) is 11.0 Å². The number of nitrogens with one attached hydrogen (secondary N) is 2. The molecule has 0 aliphatic carbocycles. The number of rotatable bonds is 6. The van der Waals surface area contributed by atoms with Gasteiger partial charge in [0.15, 0.2) is 12.4 Å².